The van der Waals surface area contributed by atoms with E-state index in [4.69, 9.17) is 0 Å². The van der Waals surface area contributed by atoms with Crippen LogP contribution in [-0.2, 0) is 6.54 Å². The minimum Gasteiger partial charge on any atom is -0.372 e. The molecule has 128 valence electrons. The Kier molecular flexibility index (Phi) is 3.27. The van der Waals surface area contributed by atoms with Crippen LogP contribution in [0.25, 0.3) is 22.2 Å². The molecule has 1 atom stereocenters. The predicted octanol–water partition coefficient (Wildman–Crippen LogP) is 3.79. The molecule has 1 aliphatic heterocycles. The predicted molar refractivity (Wildman–Crippen MR) is 99.3 cm³/mol. The van der Waals surface area contributed by atoms with Gasteiger partial charge in [-0.05, 0) is 55.5 Å². The van der Waals surface area contributed by atoms with Gasteiger partial charge in [-0.15, -0.1) is 0 Å². The number of aromatic nitrogens is 2. The van der Waals surface area contributed by atoms with Crippen LogP contribution in [-0.4, -0.2) is 32.1 Å². The van der Waals surface area contributed by atoms with Crippen molar-refractivity contribution in [2.24, 2.45) is 0 Å². The molecular weight excluding hydrogens is 310 g/mol. The van der Waals surface area contributed by atoms with E-state index in [2.05, 4.69) is 52.6 Å². The normalized spacial score (nSPS) is 20.8. The second kappa shape index (κ2) is 5.41. The lowest BCUT2D eigenvalue weighted by molar-refractivity contribution is -0.0255. The van der Waals surface area contributed by atoms with Crippen molar-refractivity contribution in [3.8, 4) is 11.1 Å². The average Bonchev–Trinajstić information content (AvgIpc) is 3.40. The summed E-state index contributed by atoms with van der Waals surface area (Å²) in [5.41, 5.74) is 7.93. The Hall–Kier alpha value is -2.17. The first-order chi connectivity index (χ1) is 12.1. The first-order valence-corrected chi connectivity index (χ1v) is 9.13. The lowest BCUT2D eigenvalue weighted by Crippen LogP contribution is -2.39. The van der Waals surface area contributed by atoms with E-state index in [0.29, 0.717) is 6.04 Å². The molecule has 0 radical (unpaired) electrons. The van der Waals surface area contributed by atoms with Gasteiger partial charge in [0.15, 0.2) is 0 Å². The molecule has 4 heteroatoms. The fourth-order valence-corrected chi connectivity index (χ4v) is 4.17. The molecule has 1 aliphatic carbocycles. The zero-order valence-electron chi connectivity index (χ0n) is 14.7. The van der Waals surface area contributed by atoms with Gasteiger partial charge < -0.3 is 9.67 Å². The van der Waals surface area contributed by atoms with Crippen LogP contribution in [0, 0.1) is 13.8 Å². The molecule has 0 saturated heterocycles. The molecule has 4 nitrogen and oxygen atoms in total. The van der Waals surface area contributed by atoms with Gasteiger partial charge in [-0.3, -0.25) is 9.88 Å². The molecule has 0 spiro atoms. The third-order valence-electron chi connectivity index (χ3n) is 5.81. The number of aryl methyl sites for hydroxylation is 2. The number of benzene rings is 1. The highest BCUT2D eigenvalue weighted by Crippen LogP contribution is 2.43. The van der Waals surface area contributed by atoms with Crippen LogP contribution < -0.4 is 0 Å². The summed E-state index contributed by atoms with van der Waals surface area (Å²) in [4.78, 5) is 6.95. The number of nitrogens with zero attached hydrogens (tertiary/aromatic N) is 3. The van der Waals surface area contributed by atoms with Crippen molar-refractivity contribution >= 4 is 11.0 Å². The fourth-order valence-electron chi connectivity index (χ4n) is 4.17. The highest BCUT2D eigenvalue weighted by atomic mass is 16.3. The maximum atomic E-state index is 11.2. The largest absolute Gasteiger partial charge is 0.372 e. The molecular formula is C21H23N3O. The van der Waals surface area contributed by atoms with Crippen LogP contribution in [0.4, 0.5) is 0 Å². The van der Waals surface area contributed by atoms with Gasteiger partial charge in [-0.2, -0.15) is 0 Å². The minimum absolute atomic E-state index is 0.544. The molecule has 2 aromatic heterocycles. The minimum atomic E-state index is -0.549. The molecule has 0 amide bonds. The van der Waals surface area contributed by atoms with Gasteiger partial charge in [-0.1, -0.05) is 18.2 Å². The number of hydrogen-bond donors (Lipinski definition) is 1. The van der Waals surface area contributed by atoms with Gasteiger partial charge in [-0.25, -0.2) is 0 Å². The standard InChI is InChI=1S/C21H23N3O/c1-13-5-6-15(12-14(13)2)18-19-17(4-3-9-22-19)24-11-10-23(16-7-8-16)21(25)20(18)24/h3-6,9,12,16,21,25H,7-8,10-11H2,1-2H3. The number of hydrogen-bond acceptors (Lipinski definition) is 3. The zero-order valence-corrected chi connectivity index (χ0v) is 14.7. The van der Waals surface area contributed by atoms with Crippen LogP contribution >= 0.6 is 0 Å². The van der Waals surface area contributed by atoms with Gasteiger partial charge in [0.1, 0.15) is 6.23 Å². The van der Waals surface area contributed by atoms with Gasteiger partial charge in [0.2, 0.25) is 0 Å². The molecule has 1 aromatic carbocycles. The van der Waals surface area contributed by atoms with Gasteiger partial charge in [0.05, 0.1) is 16.7 Å². The number of aliphatic hydroxyl groups excluding tert-OH is 1. The zero-order chi connectivity index (χ0) is 17.1. The molecule has 1 fully saturated rings. The van der Waals surface area contributed by atoms with Crippen molar-refractivity contribution < 1.29 is 5.11 Å². The van der Waals surface area contributed by atoms with Crippen molar-refractivity contribution in [3.63, 3.8) is 0 Å². The maximum Gasteiger partial charge on any atom is 0.149 e. The molecule has 2 aliphatic rings. The second-order valence-corrected chi connectivity index (χ2v) is 7.42. The molecule has 1 saturated carbocycles. The van der Waals surface area contributed by atoms with E-state index < -0.39 is 6.23 Å². The summed E-state index contributed by atoms with van der Waals surface area (Å²) in [6, 6.07) is 11.2. The smallest absolute Gasteiger partial charge is 0.149 e. The lowest BCUT2D eigenvalue weighted by atomic mass is 9.98. The molecule has 1 N–H and O–H groups in total. The Balaban J connectivity index is 1.78. The summed E-state index contributed by atoms with van der Waals surface area (Å²) >= 11 is 0. The average molecular weight is 333 g/mol. The van der Waals surface area contributed by atoms with E-state index in [9.17, 15) is 5.11 Å². The Bertz CT molecular complexity index is 971. The lowest BCUT2D eigenvalue weighted by Gasteiger charge is -2.34. The molecule has 1 unspecified atom stereocenters. The highest BCUT2D eigenvalue weighted by Gasteiger charge is 2.39. The number of fused-ring (bicyclic) bond motifs is 3. The SMILES string of the molecule is Cc1ccc(-c2c3n(c4cccnc24)CCN(C2CC2)C3O)cc1C. The van der Waals surface area contributed by atoms with Gasteiger partial charge >= 0.3 is 0 Å². The van der Waals surface area contributed by atoms with E-state index in [0.717, 1.165) is 40.9 Å². The van der Waals surface area contributed by atoms with Crippen molar-refractivity contribution in [2.45, 2.75) is 45.5 Å². The quantitative estimate of drug-likeness (QED) is 0.776. The van der Waals surface area contributed by atoms with E-state index in [1.807, 2.05) is 12.3 Å². The van der Waals surface area contributed by atoms with E-state index in [1.165, 1.54) is 24.0 Å². The molecule has 3 heterocycles. The summed E-state index contributed by atoms with van der Waals surface area (Å²) in [5, 5.41) is 11.2. The summed E-state index contributed by atoms with van der Waals surface area (Å²) in [7, 11) is 0. The van der Waals surface area contributed by atoms with Crippen molar-refractivity contribution in [2.75, 3.05) is 6.54 Å². The molecule has 25 heavy (non-hydrogen) atoms. The molecule has 5 rings (SSSR count). The first kappa shape index (κ1) is 15.1. The third-order valence-corrected chi connectivity index (χ3v) is 5.81. The second-order valence-electron chi connectivity index (χ2n) is 7.42. The summed E-state index contributed by atoms with van der Waals surface area (Å²) in [6.07, 6.45) is 3.71. The van der Waals surface area contributed by atoms with Crippen LogP contribution in [0.2, 0.25) is 0 Å². The van der Waals surface area contributed by atoms with Crippen LogP contribution in [0.3, 0.4) is 0 Å². The Labute approximate surface area is 147 Å². The van der Waals surface area contributed by atoms with Crippen molar-refractivity contribution in [1.29, 1.82) is 0 Å². The van der Waals surface area contributed by atoms with Crippen molar-refractivity contribution in [1.82, 2.24) is 14.5 Å². The third kappa shape index (κ3) is 2.25. The molecule has 3 aromatic rings. The van der Waals surface area contributed by atoms with Gasteiger partial charge in [0, 0.05) is 30.9 Å². The first-order valence-electron chi connectivity index (χ1n) is 9.13. The van der Waals surface area contributed by atoms with Crippen LogP contribution in [0.5, 0.6) is 0 Å². The number of rotatable bonds is 2. The maximum absolute atomic E-state index is 11.2. The summed E-state index contributed by atoms with van der Waals surface area (Å²) in [6.45, 7) is 6.10. The van der Waals surface area contributed by atoms with E-state index >= 15 is 0 Å². The van der Waals surface area contributed by atoms with Crippen molar-refractivity contribution in [3.05, 3.63) is 53.3 Å². The monoisotopic (exact) mass is 333 g/mol. The fraction of sp³-hybridized carbons (Fsp3) is 0.381. The number of aliphatic hydroxyl groups is 1. The summed E-state index contributed by atoms with van der Waals surface area (Å²) in [5.74, 6) is 0. The Morgan fingerprint density at radius 3 is 2.68 bits per heavy atom. The Morgan fingerprint density at radius 1 is 1.08 bits per heavy atom. The van der Waals surface area contributed by atoms with E-state index in [-0.39, 0.29) is 0 Å². The summed E-state index contributed by atoms with van der Waals surface area (Å²) < 4.78 is 2.27. The highest BCUT2D eigenvalue weighted by molar-refractivity contribution is 5.95. The van der Waals surface area contributed by atoms with E-state index in [1.54, 1.807) is 0 Å². The number of pyridine rings is 1. The van der Waals surface area contributed by atoms with Crippen LogP contribution in [0.1, 0.15) is 35.9 Å². The van der Waals surface area contributed by atoms with Crippen LogP contribution in [0.15, 0.2) is 36.5 Å². The Morgan fingerprint density at radius 2 is 1.92 bits per heavy atom. The topological polar surface area (TPSA) is 41.3 Å². The van der Waals surface area contributed by atoms with Gasteiger partial charge in [0.25, 0.3) is 0 Å². The molecule has 0 bridgehead atoms.